The first-order chi connectivity index (χ1) is 19.2. The van der Waals surface area contributed by atoms with Crippen molar-refractivity contribution >= 4 is 23.1 Å². The van der Waals surface area contributed by atoms with Gasteiger partial charge >= 0.3 is 6.18 Å². The van der Waals surface area contributed by atoms with Gasteiger partial charge in [0.2, 0.25) is 5.91 Å². The number of halogens is 3. The number of rotatable bonds is 8. The topological polar surface area (TPSA) is 68.7 Å². The summed E-state index contributed by atoms with van der Waals surface area (Å²) in [6.07, 6.45) is 3.63. The summed E-state index contributed by atoms with van der Waals surface area (Å²) in [6, 6.07) is 5.73. The van der Waals surface area contributed by atoms with Gasteiger partial charge in [0, 0.05) is 75.2 Å². The number of aromatic nitrogens is 3. The van der Waals surface area contributed by atoms with E-state index in [1.807, 2.05) is 17.3 Å². The van der Waals surface area contributed by atoms with Crippen LogP contribution in [0, 0.1) is 0 Å². The molecule has 0 aliphatic carbocycles. The summed E-state index contributed by atoms with van der Waals surface area (Å²) in [4.78, 5) is 34.5. The van der Waals surface area contributed by atoms with Crippen LogP contribution in [0.1, 0.15) is 29.0 Å². The molecule has 2 saturated heterocycles. The zero-order valence-corrected chi connectivity index (χ0v) is 23.4. The van der Waals surface area contributed by atoms with E-state index in [4.69, 9.17) is 0 Å². The molecule has 0 unspecified atom stereocenters. The van der Waals surface area contributed by atoms with Crippen molar-refractivity contribution in [2.24, 2.45) is 0 Å². The maximum atomic E-state index is 13.6. The van der Waals surface area contributed by atoms with E-state index in [0.717, 1.165) is 43.1 Å². The summed E-state index contributed by atoms with van der Waals surface area (Å²) in [6.45, 7) is 5.64. The fraction of sp³-hybridized carbons (Fsp3) is 0.500. The molecule has 214 valence electrons. The lowest BCUT2D eigenvalue weighted by atomic mass is 9.72. The predicted molar refractivity (Wildman–Crippen MR) is 148 cm³/mol. The number of hydrogen-bond acceptors (Lipinski definition) is 8. The van der Waals surface area contributed by atoms with Crippen LogP contribution < -0.4 is 4.90 Å². The molecule has 12 heteroatoms. The molecule has 0 radical (unpaired) electrons. The molecule has 2 fully saturated rings. The summed E-state index contributed by atoms with van der Waals surface area (Å²) in [5, 5.41) is 2.89. The zero-order valence-electron chi connectivity index (χ0n) is 22.6. The predicted octanol–water partition coefficient (Wildman–Crippen LogP) is 3.77. The van der Waals surface area contributed by atoms with E-state index < -0.39 is 17.2 Å². The van der Waals surface area contributed by atoms with Gasteiger partial charge in [0.05, 0.1) is 24.8 Å². The minimum atomic E-state index is -4.40. The van der Waals surface area contributed by atoms with Crippen LogP contribution in [0.2, 0.25) is 0 Å². The molecule has 5 rings (SSSR count). The van der Waals surface area contributed by atoms with E-state index >= 15 is 0 Å². The fourth-order valence-electron chi connectivity index (χ4n) is 5.76. The highest BCUT2D eigenvalue weighted by Gasteiger charge is 2.40. The van der Waals surface area contributed by atoms with Crippen molar-refractivity contribution in [3.63, 3.8) is 0 Å². The molecule has 1 aromatic carbocycles. The van der Waals surface area contributed by atoms with Crippen molar-refractivity contribution in [1.29, 1.82) is 0 Å². The minimum Gasteiger partial charge on any atom is -0.353 e. The zero-order chi connectivity index (χ0) is 28.2. The molecule has 8 nitrogen and oxygen atoms in total. The third-order valence-corrected chi connectivity index (χ3v) is 8.71. The number of alkyl halides is 3. The van der Waals surface area contributed by atoms with Crippen LogP contribution in [-0.2, 0) is 22.9 Å². The van der Waals surface area contributed by atoms with Crippen molar-refractivity contribution in [1.82, 2.24) is 29.7 Å². The number of piperidine rings is 1. The Kier molecular flexibility index (Phi) is 8.67. The third kappa shape index (κ3) is 6.79. The summed E-state index contributed by atoms with van der Waals surface area (Å²) in [5.74, 6) is 0.914. The van der Waals surface area contributed by atoms with E-state index in [0.29, 0.717) is 51.1 Å². The molecule has 0 saturated carbocycles. The number of likely N-dealkylation sites (N-methyl/N-ethyl adjacent to an activating group) is 1. The Bertz CT molecular complexity index is 1240. The van der Waals surface area contributed by atoms with Crippen LogP contribution in [0.15, 0.2) is 54.4 Å². The lowest BCUT2D eigenvalue weighted by Gasteiger charge is -2.45. The van der Waals surface area contributed by atoms with Crippen LogP contribution >= 0.6 is 11.3 Å². The average Bonchev–Trinajstić information content (AvgIpc) is 3.47. The van der Waals surface area contributed by atoms with Crippen molar-refractivity contribution in [2.45, 2.75) is 31.0 Å². The van der Waals surface area contributed by atoms with Gasteiger partial charge in [-0.3, -0.25) is 19.6 Å². The van der Waals surface area contributed by atoms with Crippen molar-refractivity contribution < 1.29 is 18.0 Å². The first kappa shape index (κ1) is 28.4. The Labute approximate surface area is 236 Å². The van der Waals surface area contributed by atoms with E-state index in [1.165, 1.54) is 12.1 Å². The Morgan fingerprint density at radius 1 is 1.05 bits per heavy atom. The van der Waals surface area contributed by atoms with Crippen LogP contribution in [0.4, 0.5) is 19.0 Å². The number of nitrogens with zero attached hydrogens (tertiary/aromatic N) is 7. The highest BCUT2D eigenvalue weighted by Crippen LogP contribution is 2.39. The Morgan fingerprint density at radius 2 is 1.82 bits per heavy atom. The lowest BCUT2D eigenvalue weighted by molar-refractivity contribution is -0.137. The normalized spacial score (nSPS) is 18.3. The van der Waals surface area contributed by atoms with Crippen LogP contribution in [0.3, 0.4) is 0 Å². The van der Waals surface area contributed by atoms with Crippen molar-refractivity contribution in [2.75, 3.05) is 64.3 Å². The summed E-state index contributed by atoms with van der Waals surface area (Å²) in [5.41, 5.74) is -0.446. The van der Waals surface area contributed by atoms with Gasteiger partial charge in [-0.1, -0.05) is 18.2 Å². The molecule has 1 amide bonds. The summed E-state index contributed by atoms with van der Waals surface area (Å²) < 4.78 is 40.8. The second-order valence-corrected chi connectivity index (χ2v) is 11.6. The van der Waals surface area contributed by atoms with Crippen molar-refractivity contribution in [3.05, 3.63) is 70.6 Å². The molecule has 4 heterocycles. The molecule has 0 N–H and O–H groups in total. The molecular weight excluding hydrogens is 539 g/mol. The number of hydrogen-bond donors (Lipinski definition) is 0. The number of carbonyl (C=O) groups excluding carboxylic acids is 1. The number of likely N-dealkylation sites (tertiary alicyclic amines) is 1. The molecule has 2 aliphatic heterocycles. The SMILES string of the molecule is CN(Cc1nccs1)CC1(c2cccc(C(F)(F)F)c2)CCN(C(=O)CN2CCN(c3cnccn3)CC2)CC1. The largest absolute Gasteiger partial charge is 0.416 e. The second kappa shape index (κ2) is 12.2. The first-order valence-corrected chi connectivity index (χ1v) is 14.4. The summed E-state index contributed by atoms with van der Waals surface area (Å²) >= 11 is 1.56. The molecule has 2 aliphatic rings. The van der Waals surface area contributed by atoms with Gasteiger partial charge in [-0.15, -0.1) is 11.3 Å². The molecule has 0 atom stereocenters. The molecule has 2 aromatic heterocycles. The highest BCUT2D eigenvalue weighted by molar-refractivity contribution is 7.09. The van der Waals surface area contributed by atoms with Crippen molar-refractivity contribution in [3.8, 4) is 0 Å². The van der Waals surface area contributed by atoms with Gasteiger partial charge in [-0.2, -0.15) is 13.2 Å². The van der Waals surface area contributed by atoms with Gasteiger partial charge in [0.1, 0.15) is 10.8 Å². The van der Waals surface area contributed by atoms with Gasteiger partial charge in [-0.05, 0) is 31.5 Å². The minimum absolute atomic E-state index is 0.0711. The van der Waals surface area contributed by atoms with Gasteiger partial charge < -0.3 is 9.80 Å². The molecule has 0 spiro atoms. The van der Waals surface area contributed by atoms with Gasteiger partial charge in [0.25, 0.3) is 0 Å². The molecule has 0 bridgehead atoms. The number of carbonyl (C=O) groups is 1. The molecule has 40 heavy (non-hydrogen) atoms. The van der Waals surface area contributed by atoms with E-state index in [2.05, 4.69) is 29.7 Å². The standard InChI is InChI=1S/C28H34F3N7OS/c1-35(19-25-34-9-16-40-25)21-27(22-3-2-4-23(17-22)28(29,30)31)5-10-38(11-6-27)26(39)20-36-12-14-37(15-13-36)24-18-32-7-8-33-24/h2-4,7-9,16-18H,5-6,10-15,19-21H2,1H3. The number of piperazine rings is 1. The fourth-order valence-corrected chi connectivity index (χ4v) is 6.46. The average molecular weight is 574 g/mol. The highest BCUT2D eigenvalue weighted by atomic mass is 32.1. The van der Waals surface area contributed by atoms with Crippen LogP contribution in [0.25, 0.3) is 0 Å². The smallest absolute Gasteiger partial charge is 0.353 e. The van der Waals surface area contributed by atoms with E-state index in [9.17, 15) is 18.0 Å². The van der Waals surface area contributed by atoms with Gasteiger partial charge in [-0.25, -0.2) is 9.97 Å². The Morgan fingerprint density at radius 3 is 2.48 bits per heavy atom. The monoisotopic (exact) mass is 573 g/mol. The maximum absolute atomic E-state index is 13.6. The molecule has 3 aromatic rings. The van der Waals surface area contributed by atoms with Crippen LogP contribution in [-0.4, -0.2) is 95.0 Å². The Balaban J connectivity index is 1.23. The first-order valence-electron chi connectivity index (χ1n) is 13.5. The van der Waals surface area contributed by atoms with E-state index in [-0.39, 0.29) is 5.91 Å². The number of benzene rings is 1. The third-order valence-electron chi connectivity index (χ3n) is 7.94. The van der Waals surface area contributed by atoms with Crippen LogP contribution in [0.5, 0.6) is 0 Å². The number of thiazole rings is 1. The summed E-state index contributed by atoms with van der Waals surface area (Å²) in [7, 11) is 1.98. The number of amides is 1. The Hall–Kier alpha value is -3.09. The quantitative estimate of drug-likeness (QED) is 0.407. The van der Waals surface area contributed by atoms with E-state index in [1.54, 1.807) is 42.2 Å². The lowest BCUT2D eigenvalue weighted by Crippen LogP contribution is -2.53. The second-order valence-electron chi connectivity index (χ2n) is 10.7. The molecular formula is C28H34F3N7OS. The number of anilines is 1. The maximum Gasteiger partial charge on any atom is 0.416 e. The van der Waals surface area contributed by atoms with Gasteiger partial charge in [0.15, 0.2) is 0 Å².